The molecule has 1 amide bonds. The first-order valence-corrected chi connectivity index (χ1v) is 5.68. The fourth-order valence-corrected chi connectivity index (χ4v) is 1.72. The van der Waals surface area contributed by atoms with Gasteiger partial charge >= 0.3 is 5.97 Å². The number of aromatic hydroxyl groups is 1. The number of amides is 1. The zero-order valence-electron chi connectivity index (χ0n) is 10.2. The Morgan fingerprint density at radius 1 is 1.37 bits per heavy atom. The van der Waals surface area contributed by atoms with E-state index in [0.717, 1.165) is 6.08 Å². The van der Waals surface area contributed by atoms with Crippen molar-refractivity contribution >= 4 is 11.9 Å². The van der Waals surface area contributed by atoms with Gasteiger partial charge in [-0.2, -0.15) is 0 Å². The van der Waals surface area contributed by atoms with Crippen LogP contribution in [-0.4, -0.2) is 34.3 Å². The van der Waals surface area contributed by atoms with Gasteiger partial charge < -0.3 is 20.3 Å². The molecule has 100 valence electrons. The first-order chi connectivity index (χ1) is 8.99. The molecule has 1 aliphatic rings. The highest BCUT2D eigenvalue weighted by molar-refractivity contribution is 5.98. The number of benzene rings is 1. The van der Waals surface area contributed by atoms with Crippen LogP contribution >= 0.6 is 0 Å². The number of ether oxygens (including phenoxy) is 1. The van der Waals surface area contributed by atoms with Crippen LogP contribution in [0, 0.1) is 0 Å². The summed E-state index contributed by atoms with van der Waals surface area (Å²) in [6.07, 6.45) is -0.826. The molecule has 19 heavy (non-hydrogen) atoms. The molecule has 0 spiro atoms. The van der Waals surface area contributed by atoms with Crippen molar-refractivity contribution in [2.45, 2.75) is 19.1 Å². The van der Waals surface area contributed by atoms with Crippen molar-refractivity contribution in [3.63, 3.8) is 0 Å². The molecule has 0 bridgehead atoms. The van der Waals surface area contributed by atoms with Crippen LogP contribution < -0.4 is 5.32 Å². The van der Waals surface area contributed by atoms with Crippen LogP contribution in [0.5, 0.6) is 5.75 Å². The van der Waals surface area contributed by atoms with Gasteiger partial charge in [-0.1, -0.05) is 12.1 Å². The van der Waals surface area contributed by atoms with Gasteiger partial charge in [-0.25, -0.2) is 4.79 Å². The van der Waals surface area contributed by atoms with Crippen molar-refractivity contribution in [2.75, 3.05) is 0 Å². The predicted molar refractivity (Wildman–Crippen MR) is 65.2 cm³/mol. The molecule has 1 aromatic carbocycles. The average Bonchev–Trinajstić information content (AvgIpc) is 2.35. The zero-order valence-corrected chi connectivity index (χ0v) is 10.2. The maximum atomic E-state index is 11.9. The Morgan fingerprint density at radius 2 is 2.05 bits per heavy atom. The summed E-state index contributed by atoms with van der Waals surface area (Å²) in [5, 5.41) is 21.7. The Bertz CT molecular complexity index is 552. The number of carbonyl (C=O) groups excluding carboxylic acids is 2. The fourth-order valence-electron chi connectivity index (χ4n) is 1.72. The quantitative estimate of drug-likeness (QED) is 0.667. The van der Waals surface area contributed by atoms with Gasteiger partial charge in [0.25, 0.3) is 5.91 Å². The van der Waals surface area contributed by atoms with E-state index in [2.05, 4.69) is 5.32 Å². The van der Waals surface area contributed by atoms with Crippen molar-refractivity contribution in [3.8, 4) is 5.75 Å². The highest BCUT2D eigenvalue weighted by atomic mass is 16.6. The highest BCUT2D eigenvalue weighted by Crippen LogP contribution is 2.18. The molecule has 6 heteroatoms. The Morgan fingerprint density at radius 3 is 2.74 bits per heavy atom. The molecule has 2 rings (SSSR count). The molecule has 1 aromatic rings. The molecule has 1 heterocycles. The summed E-state index contributed by atoms with van der Waals surface area (Å²) in [4.78, 5) is 23.1. The van der Waals surface area contributed by atoms with E-state index in [1.807, 2.05) is 0 Å². The van der Waals surface area contributed by atoms with E-state index in [4.69, 9.17) is 4.74 Å². The van der Waals surface area contributed by atoms with Gasteiger partial charge in [0.05, 0.1) is 11.3 Å². The van der Waals surface area contributed by atoms with E-state index in [1.54, 1.807) is 12.1 Å². The SMILES string of the molecule is CC1OC(=O)C=C(NC(=O)c2ccccc2O)[C@@H]1O. The Kier molecular flexibility index (Phi) is 3.52. The second kappa shape index (κ2) is 5.11. The number of phenols is 1. The van der Waals surface area contributed by atoms with Crippen LogP contribution in [0.4, 0.5) is 0 Å². The van der Waals surface area contributed by atoms with Crippen molar-refractivity contribution < 1.29 is 24.5 Å². The lowest BCUT2D eigenvalue weighted by molar-refractivity contribution is -0.148. The van der Waals surface area contributed by atoms with Crippen molar-refractivity contribution in [2.24, 2.45) is 0 Å². The van der Waals surface area contributed by atoms with E-state index >= 15 is 0 Å². The molecule has 0 radical (unpaired) electrons. The molecular formula is C13H13NO5. The molecule has 0 fully saturated rings. The second-order valence-electron chi connectivity index (χ2n) is 4.16. The van der Waals surface area contributed by atoms with Crippen molar-refractivity contribution in [3.05, 3.63) is 41.6 Å². The van der Waals surface area contributed by atoms with E-state index in [9.17, 15) is 19.8 Å². The van der Waals surface area contributed by atoms with E-state index in [1.165, 1.54) is 19.1 Å². The van der Waals surface area contributed by atoms with Gasteiger partial charge in [-0.3, -0.25) is 4.79 Å². The van der Waals surface area contributed by atoms with E-state index in [-0.39, 0.29) is 17.0 Å². The minimum Gasteiger partial charge on any atom is -0.507 e. The average molecular weight is 263 g/mol. The summed E-state index contributed by atoms with van der Waals surface area (Å²) in [5.41, 5.74) is 0.110. The topological polar surface area (TPSA) is 95.9 Å². The number of para-hydroxylation sites is 1. The van der Waals surface area contributed by atoms with Crippen molar-refractivity contribution in [1.82, 2.24) is 5.32 Å². The van der Waals surface area contributed by atoms with Crippen molar-refractivity contribution in [1.29, 1.82) is 0 Å². The van der Waals surface area contributed by atoms with Gasteiger partial charge in [0.1, 0.15) is 18.0 Å². The number of hydrogen-bond donors (Lipinski definition) is 3. The lowest BCUT2D eigenvalue weighted by Gasteiger charge is -2.25. The number of hydrogen-bond acceptors (Lipinski definition) is 5. The molecule has 0 saturated carbocycles. The van der Waals surface area contributed by atoms with Gasteiger partial charge in [0.15, 0.2) is 0 Å². The third-order valence-corrected chi connectivity index (χ3v) is 2.75. The predicted octanol–water partition coefficient (Wildman–Crippen LogP) is 0.312. The van der Waals surface area contributed by atoms with Gasteiger partial charge in [-0.05, 0) is 19.1 Å². The molecule has 1 aliphatic heterocycles. The Hall–Kier alpha value is -2.34. The lowest BCUT2D eigenvalue weighted by Crippen LogP contribution is -2.41. The molecular weight excluding hydrogens is 250 g/mol. The first-order valence-electron chi connectivity index (χ1n) is 5.68. The normalized spacial score (nSPS) is 22.4. The molecule has 0 aliphatic carbocycles. The summed E-state index contributed by atoms with van der Waals surface area (Å²) >= 11 is 0. The maximum Gasteiger partial charge on any atom is 0.332 e. The third kappa shape index (κ3) is 2.74. The standard InChI is InChI=1S/C13H13NO5/c1-7-12(17)9(6-11(16)19-7)14-13(18)8-4-2-3-5-10(8)15/h2-7,12,15,17H,1H3,(H,14,18)/t7?,12-/m1/s1. The molecule has 6 nitrogen and oxygen atoms in total. The van der Waals surface area contributed by atoms with Gasteiger partial charge in [0, 0.05) is 6.08 Å². The zero-order chi connectivity index (χ0) is 14.0. The van der Waals surface area contributed by atoms with Crippen LogP contribution in [0.3, 0.4) is 0 Å². The minimum atomic E-state index is -1.10. The summed E-state index contributed by atoms with van der Waals surface area (Å²) < 4.78 is 4.77. The smallest absolute Gasteiger partial charge is 0.332 e. The van der Waals surface area contributed by atoms with Gasteiger partial charge in [-0.15, -0.1) is 0 Å². The largest absolute Gasteiger partial charge is 0.507 e. The monoisotopic (exact) mass is 263 g/mol. The van der Waals surface area contributed by atoms with Crippen LogP contribution in [0.2, 0.25) is 0 Å². The second-order valence-corrected chi connectivity index (χ2v) is 4.16. The number of carbonyl (C=O) groups is 2. The number of nitrogens with one attached hydrogen (secondary N) is 1. The highest BCUT2D eigenvalue weighted by Gasteiger charge is 2.29. The molecule has 2 atom stereocenters. The van der Waals surface area contributed by atoms with E-state index < -0.39 is 24.1 Å². The van der Waals surface area contributed by atoms with Crippen LogP contribution in [0.15, 0.2) is 36.0 Å². The summed E-state index contributed by atoms with van der Waals surface area (Å²) in [6.45, 7) is 1.52. The summed E-state index contributed by atoms with van der Waals surface area (Å²) in [6, 6.07) is 5.98. The first kappa shape index (κ1) is 13.1. The Labute approximate surface area is 109 Å². The number of phenolic OH excluding ortho intramolecular Hbond substituents is 1. The minimum absolute atomic E-state index is 0.0528. The number of cyclic esters (lactones) is 1. The summed E-state index contributed by atoms with van der Waals surface area (Å²) in [7, 11) is 0. The van der Waals surface area contributed by atoms with Crippen LogP contribution in [0.1, 0.15) is 17.3 Å². The van der Waals surface area contributed by atoms with Gasteiger partial charge in [0.2, 0.25) is 0 Å². The lowest BCUT2D eigenvalue weighted by atomic mass is 10.1. The molecule has 1 unspecified atom stereocenters. The number of esters is 1. The molecule has 3 N–H and O–H groups in total. The number of aliphatic hydroxyl groups excluding tert-OH is 1. The van der Waals surface area contributed by atoms with Crippen LogP contribution in [0.25, 0.3) is 0 Å². The maximum absolute atomic E-state index is 11.9. The van der Waals surface area contributed by atoms with E-state index in [0.29, 0.717) is 0 Å². The fraction of sp³-hybridized carbons (Fsp3) is 0.231. The van der Waals surface area contributed by atoms with Crippen LogP contribution in [-0.2, 0) is 9.53 Å². The number of aliphatic hydroxyl groups is 1. The summed E-state index contributed by atoms with van der Waals surface area (Å²) in [5.74, 6) is -1.42. The molecule has 0 aromatic heterocycles. The number of rotatable bonds is 2. The Balaban J connectivity index is 2.19. The molecule has 0 saturated heterocycles. The third-order valence-electron chi connectivity index (χ3n) is 2.75.